The van der Waals surface area contributed by atoms with Gasteiger partial charge in [-0.2, -0.15) is 0 Å². The Bertz CT molecular complexity index is 1300. The van der Waals surface area contributed by atoms with Gasteiger partial charge in [0.15, 0.2) is 11.5 Å². The number of hydrogen-bond acceptors (Lipinski definition) is 6. The molecule has 0 saturated carbocycles. The minimum atomic E-state index is -0.430. The Kier molecular flexibility index (Phi) is 7.61. The first-order chi connectivity index (χ1) is 16.1. The number of phenolic OH excluding ortho intramolecular Hbond substituents is 2. The van der Waals surface area contributed by atoms with Crippen LogP contribution < -0.4 is 16.0 Å². The van der Waals surface area contributed by atoms with Gasteiger partial charge in [-0.3, -0.25) is 14.8 Å². The zero-order chi connectivity index (χ0) is 24.9. The highest BCUT2D eigenvalue weighted by molar-refractivity contribution is 5.87. The summed E-state index contributed by atoms with van der Waals surface area (Å²) in [4.78, 5) is 29.9. The number of H-pyrrole nitrogens is 1. The lowest BCUT2D eigenvalue weighted by Gasteiger charge is -2.19. The zero-order valence-corrected chi connectivity index (χ0v) is 20.0. The molecule has 0 radical (unpaired) electrons. The molecule has 0 aliphatic rings. The number of aromatic amines is 1. The molecule has 0 unspecified atom stereocenters. The average Bonchev–Trinajstić information content (AvgIpc) is 2.77. The smallest absolute Gasteiger partial charge is 0.328 e. The molecule has 0 amide bonds. The van der Waals surface area contributed by atoms with E-state index in [-0.39, 0.29) is 22.5 Å². The molecule has 3 rings (SSSR count). The molecule has 34 heavy (non-hydrogen) atoms. The van der Waals surface area contributed by atoms with Crippen LogP contribution in [0.15, 0.2) is 57.2 Å². The first-order valence-electron chi connectivity index (χ1n) is 11.2. The molecule has 8 nitrogen and oxygen atoms in total. The molecule has 0 bridgehead atoms. The van der Waals surface area contributed by atoms with Crippen molar-refractivity contribution in [2.75, 3.05) is 6.61 Å². The molecule has 3 N–H and O–H groups in total. The SMILES string of the molecule is Cc1cn(CCCCOc2cccc(C=Nc3cc(C(C)(C)C)ccc3O)c2O)c(=O)[nH]c1=O. The molecular weight excluding hydrogens is 434 g/mol. The highest BCUT2D eigenvalue weighted by Gasteiger charge is 2.15. The zero-order valence-electron chi connectivity index (χ0n) is 20.0. The lowest BCUT2D eigenvalue weighted by molar-refractivity contribution is 0.287. The van der Waals surface area contributed by atoms with E-state index in [1.54, 1.807) is 37.4 Å². The number of rotatable bonds is 8. The summed E-state index contributed by atoms with van der Waals surface area (Å²) < 4.78 is 7.19. The van der Waals surface area contributed by atoms with E-state index >= 15 is 0 Å². The van der Waals surface area contributed by atoms with E-state index in [2.05, 4.69) is 30.7 Å². The molecule has 0 aliphatic carbocycles. The summed E-state index contributed by atoms with van der Waals surface area (Å²) in [6.45, 7) is 8.70. The lowest BCUT2D eigenvalue weighted by atomic mass is 9.87. The third kappa shape index (κ3) is 6.15. The molecule has 0 atom stereocenters. The van der Waals surface area contributed by atoms with Crippen LogP contribution >= 0.6 is 0 Å². The maximum absolute atomic E-state index is 11.8. The first kappa shape index (κ1) is 24.8. The van der Waals surface area contributed by atoms with Crippen LogP contribution in [0.1, 0.15) is 50.3 Å². The van der Waals surface area contributed by atoms with E-state index in [4.69, 9.17) is 4.74 Å². The van der Waals surface area contributed by atoms with Crippen molar-refractivity contribution >= 4 is 11.9 Å². The van der Waals surface area contributed by atoms with Gasteiger partial charge in [0.1, 0.15) is 11.4 Å². The number of phenols is 2. The van der Waals surface area contributed by atoms with Crippen LogP contribution in [0, 0.1) is 6.92 Å². The second-order valence-corrected chi connectivity index (χ2v) is 9.23. The molecule has 0 spiro atoms. The van der Waals surface area contributed by atoms with Crippen molar-refractivity contribution in [2.45, 2.75) is 52.5 Å². The number of nitrogens with one attached hydrogen (secondary N) is 1. The standard InChI is InChI=1S/C26H31N3O5/c1-17-16-29(25(33)28-24(17)32)12-5-6-13-34-22-9-7-8-18(23(22)31)15-27-20-14-19(26(2,3)4)10-11-21(20)30/h7-11,14-16,30-31H,5-6,12-13H2,1-4H3,(H,28,32,33). The summed E-state index contributed by atoms with van der Waals surface area (Å²) in [5.74, 6) is 0.354. The fourth-order valence-electron chi connectivity index (χ4n) is 3.34. The quantitative estimate of drug-likeness (QED) is 0.341. The van der Waals surface area contributed by atoms with Gasteiger partial charge in [-0.25, -0.2) is 4.79 Å². The van der Waals surface area contributed by atoms with Crippen LogP contribution in [0.4, 0.5) is 5.69 Å². The van der Waals surface area contributed by atoms with Crippen molar-refractivity contribution < 1.29 is 14.9 Å². The number of aromatic hydroxyl groups is 2. The number of aliphatic imine (C=N–C) groups is 1. The molecule has 3 aromatic rings. The van der Waals surface area contributed by atoms with E-state index in [9.17, 15) is 19.8 Å². The maximum atomic E-state index is 11.8. The van der Waals surface area contributed by atoms with E-state index in [1.165, 1.54) is 10.8 Å². The number of aryl methyl sites for hydroxylation is 2. The fraction of sp³-hybridized carbons (Fsp3) is 0.346. The van der Waals surface area contributed by atoms with Crippen molar-refractivity contribution in [1.82, 2.24) is 9.55 Å². The van der Waals surface area contributed by atoms with Crippen LogP contribution in [0.2, 0.25) is 0 Å². The van der Waals surface area contributed by atoms with E-state index in [0.717, 1.165) is 5.56 Å². The number of para-hydroxylation sites is 1. The number of ether oxygens (including phenoxy) is 1. The largest absolute Gasteiger partial charge is 0.506 e. The maximum Gasteiger partial charge on any atom is 0.328 e. The van der Waals surface area contributed by atoms with Crippen LogP contribution in [0.5, 0.6) is 17.2 Å². The van der Waals surface area contributed by atoms with Crippen LogP contribution in [-0.2, 0) is 12.0 Å². The fourth-order valence-corrected chi connectivity index (χ4v) is 3.34. The van der Waals surface area contributed by atoms with Crippen molar-refractivity contribution in [1.29, 1.82) is 0 Å². The number of benzene rings is 2. The average molecular weight is 466 g/mol. The number of unbranched alkanes of at least 4 members (excludes halogenated alkanes) is 1. The predicted molar refractivity (Wildman–Crippen MR) is 133 cm³/mol. The van der Waals surface area contributed by atoms with Crippen LogP contribution in [0.3, 0.4) is 0 Å². The van der Waals surface area contributed by atoms with E-state index < -0.39 is 5.69 Å². The van der Waals surface area contributed by atoms with E-state index in [1.807, 2.05) is 12.1 Å². The Morgan fingerprint density at radius 1 is 1.12 bits per heavy atom. The van der Waals surface area contributed by atoms with Gasteiger partial charge in [-0.1, -0.05) is 32.9 Å². The van der Waals surface area contributed by atoms with Crippen molar-refractivity contribution in [3.63, 3.8) is 0 Å². The Hall–Kier alpha value is -3.81. The van der Waals surface area contributed by atoms with Crippen LogP contribution in [0.25, 0.3) is 0 Å². The molecular formula is C26H31N3O5. The lowest BCUT2D eigenvalue weighted by Crippen LogP contribution is -2.30. The second kappa shape index (κ2) is 10.4. The summed E-state index contributed by atoms with van der Waals surface area (Å²) in [5, 5.41) is 20.7. The van der Waals surface area contributed by atoms with Gasteiger partial charge in [0.05, 0.1) is 6.61 Å². The molecule has 0 fully saturated rings. The Balaban J connectivity index is 1.62. The highest BCUT2D eigenvalue weighted by Crippen LogP contribution is 2.34. The monoisotopic (exact) mass is 465 g/mol. The Labute approximate surface area is 198 Å². The summed E-state index contributed by atoms with van der Waals surface area (Å²) in [5.41, 5.74) is 1.52. The van der Waals surface area contributed by atoms with Crippen molar-refractivity contribution in [3.8, 4) is 17.2 Å². The molecule has 0 saturated heterocycles. The van der Waals surface area contributed by atoms with Crippen molar-refractivity contribution in [2.24, 2.45) is 4.99 Å². The summed E-state index contributed by atoms with van der Waals surface area (Å²) in [6.07, 6.45) is 4.35. The normalized spacial score (nSPS) is 11.8. The van der Waals surface area contributed by atoms with Gasteiger partial charge in [0.25, 0.3) is 5.56 Å². The highest BCUT2D eigenvalue weighted by atomic mass is 16.5. The molecule has 1 aromatic heterocycles. The van der Waals surface area contributed by atoms with E-state index in [0.29, 0.717) is 48.6 Å². The van der Waals surface area contributed by atoms with Gasteiger partial charge in [-0.15, -0.1) is 0 Å². The third-order valence-corrected chi connectivity index (χ3v) is 5.45. The molecule has 8 heteroatoms. The summed E-state index contributed by atoms with van der Waals surface area (Å²) in [7, 11) is 0. The Morgan fingerprint density at radius 2 is 1.88 bits per heavy atom. The van der Waals surface area contributed by atoms with Gasteiger partial charge in [-0.05, 0) is 55.0 Å². The molecule has 1 heterocycles. The van der Waals surface area contributed by atoms with Gasteiger partial charge < -0.3 is 19.5 Å². The summed E-state index contributed by atoms with van der Waals surface area (Å²) >= 11 is 0. The predicted octanol–water partition coefficient (Wildman–Crippen LogP) is 4.16. The van der Waals surface area contributed by atoms with Gasteiger partial charge >= 0.3 is 5.69 Å². The number of nitrogens with zero attached hydrogens (tertiary/aromatic N) is 2. The minimum absolute atomic E-state index is 0.0369. The van der Waals surface area contributed by atoms with Crippen LogP contribution in [-0.4, -0.2) is 32.6 Å². The topological polar surface area (TPSA) is 117 Å². The molecule has 2 aromatic carbocycles. The molecule has 0 aliphatic heterocycles. The number of hydrogen-bond donors (Lipinski definition) is 3. The second-order valence-electron chi connectivity index (χ2n) is 9.23. The van der Waals surface area contributed by atoms with Gasteiger partial charge in [0.2, 0.25) is 0 Å². The first-order valence-corrected chi connectivity index (χ1v) is 11.2. The Morgan fingerprint density at radius 3 is 2.62 bits per heavy atom. The third-order valence-electron chi connectivity index (χ3n) is 5.45. The molecule has 180 valence electrons. The number of aromatic nitrogens is 2. The van der Waals surface area contributed by atoms with Crippen molar-refractivity contribution in [3.05, 3.63) is 80.1 Å². The van der Waals surface area contributed by atoms with Gasteiger partial charge in [0, 0.05) is 30.1 Å². The summed E-state index contributed by atoms with van der Waals surface area (Å²) in [6, 6.07) is 10.5. The minimum Gasteiger partial charge on any atom is -0.506 e.